The molecule has 152 valence electrons. The minimum absolute atomic E-state index is 0.335. The van der Waals surface area contributed by atoms with Gasteiger partial charge < -0.3 is 4.74 Å². The molecule has 6 heteroatoms. The molecule has 1 aliphatic rings. The molecule has 0 aromatic heterocycles. The maximum atomic E-state index is 12.9. The van der Waals surface area contributed by atoms with E-state index in [0.717, 1.165) is 38.2 Å². The first kappa shape index (κ1) is 20.8. The van der Waals surface area contributed by atoms with Gasteiger partial charge in [-0.05, 0) is 43.2 Å². The molecule has 0 aliphatic carbocycles. The molecule has 1 saturated heterocycles. The summed E-state index contributed by atoms with van der Waals surface area (Å²) in [6.07, 6.45) is 2.06. The van der Waals surface area contributed by atoms with E-state index in [4.69, 9.17) is 4.74 Å². The molecule has 0 unspecified atom stereocenters. The standard InChI is InChI=1S/C22H30N2O3S/c1-3-4-17-27-21-9-11-22(12-10-21)28(25,26)24-15-13-23(14-16-24)18-20-7-5-19(2)6-8-20/h5-12H,3-4,13-18H2,1-2H3. The van der Waals surface area contributed by atoms with Crippen molar-refractivity contribution >= 4 is 10.0 Å². The maximum absolute atomic E-state index is 12.9. The van der Waals surface area contributed by atoms with Crippen molar-refractivity contribution in [2.75, 3.05) is 32.8 Å². The predicted octanol–water partition coefficient (Wildman–Crippen LogP) is 3.68. The summed E-state index contributed by atoms with van der Waals surface area (Å²) in [7, 11) is -3.45. The summed E-state index contributed by atoms with van der Waals surface area (Å²) in [6.45, 7) is 8.23. The van der Waals surface area contributed by atoms with E-state index in [2.05, 4.69) is 43.0 Å². The highest BCUT2D eigenvalue weighted by Gasteiger charge is 2.28. The zero-order valence-electron chi connectivity index (χ0n) is 16.8. The number of nitrogens with zero attached hydrogens (tertiary/aromatic N) is 2. The summed E-state index contributed by atoms with van der Waals surface area (Å²) in [4.78, 5) is 2.64. The Morgan fingerprint density at radius 2 is 1.57 bits per heavy atom. The number of rotatable bonds is 8. The summed E-state index contributed by atoms with van der Waals surface area (Å²) in [5.41, 5.74) is 2.52. The van der Waals surface area contributed by atoms with Crippen molar-refractivity contribution in [3.8, 4) is 5.75 Å². The van der Waals surface area contributed by atoms with Gasteiger partial charge in [-0.2, -0.15) is 4.31 Å². The van der Waals surface area contributed by atoms with Gasteiger partial charge in [0.05, 0.1) is 11.5 Å². The van der Waals surface area contributed by atoms with Gasteiger partial charge in [0.2, 0.25) is 10.0 Å². The first-order valence-corrected chi connectivity index (χ1v) is 11.4. The van der Waals surface area contributed by atoms with Gasteiger partial charge in [-0.1, -0.05) is 43.2 Å². The Kier molecular flexibility index (Phi) is 7.10. The molecule has 0 amide bonds. The Bertz CT molecular complexity index is 840. The molecule has 1 fully saturated rings. The largest absolute Gasteiger partial charge is 0.494 e. The van der Waals surface area contributed by atoms with Crippen LogP contribution in [0.25, 0.3) is 0 Å². The SMILES string of the molecule is CCCCOc1ccc(S(=O)(=O)N2CCN(Cc3ccc(C)cc3)CC2)cc1. The predicted molar refractivity (Wildman–Crippen MR) is 112 cm³/mol. The molecule has 0 saturated carbocycles. The summed E-state index contributed by atoms with van der Waals surface area (Å²) in [6, 6.07) is 15.3. The van der Waals surface area contributed by atoms with Crippen LogP contribution >= 0.6 is 0 Å². The fourth-order valence-corrected chi connectivity index (χ4v) is 4.69. The highest BCUT2D eigenvalue weighted by molar-refractivity contribution is 7.89. The van der Waals surface area contributed by atoms with Crippen LogP contribution in [0.4, 0.5) is 0 Å². The molecule has 28 heavy (non-hydrogen) atoms. The van der Waals surface area contributed by atoms with Gasteiger partial charge >= 0.3 is 0 Å². The van der Waals surface area contributed by atoms with E-state index in [1.54, 1.807) is 28.6 Å². The molecule has 2 aromatic carbocycles. The lowest BCUT2D eigenvalue weighted by Gasteiger charge is -2.34. The smallest absolute Gasteiger partial charge is 0.243 e. The molecular formula is C22H30N2O3S. The second-order valence-electron chi connectivity index (χ2n) is 7.34. The van der Waals surface area contributed by atoms with Crippen LogP contribution in [0.2, 0.25) is 0 Å². The van der Waals surface area contributed by atoms with Crippen LogP contribution in [-0.4, -0.2) is 50.4 Å². The Hall–Kier alpha value is -1.89. The Labute approximate surface area is 169 Å². The second-order valence-corrected chi connectivity index (χ2v) is 9.28. The van der Waals surface area contributed by atoms with Gasteiger partial charge in [0.15, 0.2) is 0 Å². The van der Waals surface area contributed by atoms with E-state index in [9.17, 15) is 8.42 Å². The first-order valence-electron chi connectivity index (χ1n) is 10.00. The molecule has 0 bridgehead atoms. The highest BCUT2D eigenvalue weighted by atomic mass is 32.2. The third kappa shape index (κ3) is 5.34. The van der Waals surface area contributed by atoms with E-state index in [0.29, 0.717) is 24.6 Å². The molecule has 3 rings (SSSR count). The van der Waals surface area contributed by atoms with Crippen LogP contribution in [0.5, 0.6) is 5.75 Å². The van der Waals surface area contributed by atoms with Crippen LogP contribution in [0.15, 0.2) is 53.4 Å². The topological polar surface area (TPSA) is 49.9 Å². The van der Waals surface area contributed by atoms with Gasteiger partial charge in [0, 0.05) is 32.7 Å². The molecule has 0 N–H and O–H groups in total. The summed E-state index contributed by atoms with van der Waals surface area (Å²) in [5, 5.41) is 0. The second kappa shape index (κ2) is 9.54. The molecule has 0 atom stereocenters. The number of hydrogen-bond acceptors (Lipinski definition) is 4. The number of aryl methyl sites for hydroxylation is 1. The number of hydrogen-bond donors (Lipinski definition) is 0. The third-order valence-corrected chi connectivity index (χ3v) is 7.00. The monoisotopic (exact) mass is 402 g/mol. The van der Waals surface area contributed by atoms with E-state index >= 15 is 0 Å². The van der Waals surface area contributed by atoms with Gasteiger partial charge in [-0.15, -0.1) is 0 Å². The molecule has 0 radical (unpaired) electrons. The Balaban J connectivity index is 1.55. The lowest BCUT2D eigenvalue weighted by atomic mass is 10.1. The normalized spacial score (nSPS) is 16.2. The van der Waals surface area contributed by atoms with Crippen molar-refractivity contribution in [2.24, 2.45) is 0 Å². The molecule has 0 spiro atoms. The number of benzene rings is 2. The minimum Gasteiger partial charge on any atom is -0.494 e. The molecule has 1 heterocycles. The average Bonchev–Trinajstić information content (AvgIpc) is 2.71. The van der Waals surface area contributed by atoms with Gasteiger partial charge in [0.1, 0.15) is 5.75 Å². The Morgan fingerprint density at radius 1 is 0.929 bits per heavy atom. The molecule has 5 nitrogen and oxygen atoms in total. The summed E-state index contributed by atoms with van der Waals surface area (Å²) < 4.78 is 33.1. The van der Waals surface area contributed by atoms with Crippen LogP contribution in [0, 0.1) is 6.92 Å². The summed E-state index contributed by atoms with van der Waals surface area (Å²) >= 11 is 0. The van der Waals surface area contributed by atoms with Crippen molar-refractivity contribution < 1.29 is 13.2 Å². The van der Waals surface area contributed by atoms with E-state index < -0.39 is 10.0 Å². The molecular weight excluding hydrogens is 372 g/mol. The van der Waals surface area contributed by atoms with Crippen molar-refractivity contribution in [3.63, 3.8) is 0 Å². The zero-order chi connectivity index (χ0) is 20.0. The van der Waals surface area contributed by atoms with Gasteiger partial charge in [0.25, 0.3) is 0 Å². The van der Waals surface area contributed by atoms with Crippen LogP contribution in [-0.2, 0) is 16.6 Å². The van der Waals surface area contributed by atoms with E-state index in [1.807, 2.05) is 0 Å². The zero-order valence-corrected chi connectivity index (χ0v) is 17.6. The fraction of sp³-hybridized carbons (Fsp3) is 0.455. The summed E-state index contributed by atoms with van der Waals surface area (Å²) in [5.74, 6) is 0.718. The highest BCUT2D eigenvalue weighted by Crippen LogP contribution is 2.21. The number of piperazine rings is 1. The van der Waals surface area contributed by atoms with Gasteiger partial charge in [-0.25, -0.2) is 8.42 Å². The number of sulfonamides is 1. The third-order valence-electron chi connectivity index (χ3n) is 5.09. The number of ether oxygens (including phenoxy) is 1. The average molecular weight is 403 g/mol. The van der Waals surface area contributed by atoms with Crippen LogP contribution in [0.1, 0.15) is 30.9 Å². The lowest BCUT2D eigenvalue weighted by Crippen LogP contribution is -2.48. The van der Waals surface area contributed by atoms with Gasteiger partial charge in [-0.3, -0.25) is 4.90 Å². The quantitative estimate of drug-likeness (QED) is 0.632. The first-order chi connectivity index (χ1) is 13.5. The van der Waals surface area contributed by atoms with Crippen LogP contribution < -0.4 is 4.74 Å². The fourth-order valence-electron chi connectivity index (χ4n) is 3.27. The van der Waals surface area contributed by atoms with E-state index in [1.165, 1.54) is 11.1 Å². The molecule has 1 aliphatic heterocycles. The van der Waals surface area contributed by atoms with Crippen LogP contribution in [0.3, 0.4) is 0 Å². The van der Waals surface area contributed by atoms with Crippen molar-refractivity contribution in [1.82, 2.24) is 9.21 Å². The number of unbranched alkanes of at least 4 members (excludes halogenated alkanes) is 1. The Morgan fingerprint density at radius 3 is 2.18 bits per heavy atom. The lowest BCUT2D eigenvalue weighted by molar-refractivity contribution is 0.181. The maximum Gasteiger partial charge on any atom is 0.243 e. The van der Waals surface area contributed by atoms with Crippen molar-refractivity contribution in [2.45, 2.75) is 38.1 Å². The van der Waals surface area contributed by atoms with Crippen molar-refractivity contribution in [3.05, 3.63) is 59.7 Å². The van der Waals surface area contributed by atoms with E-state index in [-0.39, 0.29) is 0 Å². The molecule has 2 aromatic rings. The minimum atomic E-state index is -3.45. The van der Waals surface area contributed by atoms with Crippen molar-refractivity contribution in [1.29, 1.82) is 0 Å².